The Morgan fingerprint density at radius 1 is 1.00 bits per heavy atom. The van der Waals surface area contributed by atoms with Crippen molar-refractivity contribution in [3.8, 4) is 0 Å². The SMILES string of the molecule is CC(C)CC(CO)NC(C)C12CC3CC(CC(C3)C1)C2. The zero-order valence-corrected chi connectivity index (χ0v) is 13.6. The average Bonchev–Trinajstić information content (AvgIpc) is 2.35. The molecule has 116 valence electrons. The average molecular weight is 279 g/mol. The minimum atomic E-state index is 0.287. The van der Waals surface area contributed by atoms with Crippen molar-refractivity contribution < 1.29 is 5.11 Å². The van der Waals surface area contributed by atoms with Crippen molar-refractivity contribution in [3.05, 3.63) is 0 Å². The van der Waals surface area contributed by atoms with Crippen molar-refractivity contribution in [2.75, 3.05) is 6.61 Å². The van der Waals surface area contributed by atoms with Crippen LogP contribution in [0.2, 0.25) is 0 Å². The molecule has 0 radical (unpaired) electrons. The van der Waals surface area contributed by atoms with Gasteiger partial charge in [-0.3, -0.25) is 0 Å². The van der Waals surface area contributed by atoms with E-state index in [1.54, 1.807) is 0 Å². The Balaban J connectivity index is 1.65. The van der Waals surface area contributed by atoms with Gasteiger partial charge in [-0.15, -0.1) is 0 Å². The van der Waals surface area contributed by atoms with E-state index in [4.69, 9.17) is 0 Å². The molecule has 4 saturated carbocycles. The van der Waals surface area contributed by atoms with Crippen molar-refractivity contribution in [2.24, 2.45) is 29.1 Å². The Morgan fingerprint density at radius 2 is 1.50 bits per heavy atom. The monoisotopic (exact) mass is 279 g/mol. The van der Waals surface area contributed by atoms with E-state index in [9.17, 15) is 5.11 Å². The third kappa shape index (κ3) is 2.78. The van der Waals surface area contributed by atoms with Crippen LogP contribution in [0.5, 0.6) is 0 Å². The summed E-state index contributed by atoms with van der Waals surface area (Å²) in [5.41, 5.74) is 0.555. The maximum absolute atomic E-state index is 9.64. The Labute approximate surface area is 124 Å². The fraction of sp³-hybridized carbons (Fsp3) is 1.00. The molecule has 4 rings (SSSR count). The Morgan fingerprint density at radius 3 is 1.90 bits per heavy atom. The third-order valence-electron chi connectivity index (χ3n) is 6.47. The molecule has 0 aromatic heterocycles. The van der Waals surface area contributed by atoms with Crippen molar-refractivity contribution in [1.82, 2.24) is 5.32 Å². The van der Waals surface area contributed by atoms with E-state index < -0.39 is 0 Å². The predicted octanol–water partition coefficient (Wildman–Crippen LogP) is 3.59. The highest BCUT2D eigenvalue weighted by atomic mass is 16.3. The molecule has 2 nitrogen and oxygen atoms in total. The van der Waals surface area contributed by atoms with Gasteiger partial charge in [-0.05, 0) is 81.0 Å². The van der Waals surface area contributed by atoms with Crippen LogP contribution in [0.1, 0.15) is 65.7 Å². The lowest BCUT2D eigenvalue weighted by Gasteiger charge is -2.59. The van der Waals surface area contributed by atoms with Crippen LogP contribution in [-0.2, 0) is 0 Å². The highest BCUT2D eigenvalue weighted by molar-refractivity contribution is 5.05. The van der Waals surface area contributed by atoms with Gasteiger partial charge in [-0.2, -0.15) is 0 Å². The van der Waals surface area contributed by atoms with Gasteiger partial charge in [0.2, 0.25) is 0 Å². The first kappa shape index (κ1) is 14.8. The largest absolute Gasteiger partial charge is 0.395 e. The van der Waals surface area contributed by atoms with Gasteiger partial charge in [0.15, 0.2) is 0 Å². The molecule has 0 spiro atoms. The van der Waals surface area contributed by atoms with Gasteiger partial charge in [0.1, 0.15) is 0 Å². The molecule has 2 atom stereocenters. The van der Waals surface area contributed by atoms with Crippen molar-refractivity contribution in [3.63, 3.8) is 0 Å². The zero-order valence-electron chi connectivity index (χ0n) is 13.6. The molecule has 2 N–H and O–H groups in total. The van der Waals surface area contributed by atoms with E-state index in [-0.39, 0.29) is 12.6 Å². The second kappa shape index (κ2) is 5.61. The highest BCUT2D eigenvalue weighted by Crippen LogP contribution is 2.61. The van der Waals surface area contributed by atoms with Crippen LogP contribution in [0, 0.1) is 29.1 Å². The first-order valence-corrected chi connectivity index (χ1v) is 8.87. The molecule has 4 aliphatic rings. The van der Waals surface area contributed by atoms with E-state index >= 15 is 0 Å². The topological polar surface area (TPSA) is 32.3 Å². The number of rotatable bonds is 6. The van der Waals surface area contributed by atoms with Crippen LogP contribution in [0.15, 0.2) is 0 Å². The molecule has 4 bridgehead atoms. The molecule has 4 aliphatic carbocycles. The lowest BCUT2D eigenvalue weighted by Crippen LogP contribution is -2.57. The summed E-state index contributed by atoms with van der Waals surface area (Å²) in [6.07, 6.45) is 9.99. The molecule has 4 fully saturated rings. The summed E-state index contributed by atoms with van der Waals surface area (Å²) in [4.78, 5) is 0. The number of aliphatic hydroxyl groups is 1. The lowest BCUT2D eigenvalue weighted by atomic mass is 9.48. The van der Waals surface area contributed by atoms with Gasteiger partial charge in [0, 0.05) is 12.1 Å². The molecule has 2 heteroatoms. The van der Waals surface area contributed by atoms with Crippen molar-refractivity contribution in [2.45, 2.75) is 77.8 Å². The first-order chi connectivity index (χ1) is 9.50. The van der Waals surface area contributed by atoms with Gasteiger partial charge in [-0.25, -0.2) is 0 Å². The minimum absolute atomic E-state index is 0.287. The number of hydrogen-bond donors (Lipinski definition) is 2. The summed E-state index contributed by atoms with van der Waals surface area (Å²) in [6, 6.07) is 0.866. The van der Waals surface area contributed by atoms with Crippen molar-refractivity contribution >= 4 is 0 Å². The summed E-state index contributed by atoms with van der Waals surface area (Å²) < 4.78 is 0. The summed E-state index contributed by atoms with van der Waals surface area (Å²) >= 11 is 0. The Kier molecular flexibility index (Phi) is 4.16. The van der Waals surface area contributed by atoms with Gasteiger partial charge in [0.25, 0.3) is 0 Å². The van der Waals surface area contributed by atoms with Crippen LogP contribution in [0.3, 0.4) is 0 Å². The smallest absolute Gasteiger partial charge is 0.0584 e. The van der Waals surface area contributed by atoms with E-state index in [0.717, 1.165) is 24.2 Å². The molecule has 2 unspecified atom stereocenters. The molecule has 0 aromatic rings. The molecule has 20 heavy (non-hydrogen) atoms. The third-order valence-corrected chi connectivity index (χ3v) is 6.47. The normalized spacial score (nSPS) is 42.1. The number of hydrogen-bond acceptors (Lipinski definition) is 2. The molecule has 0 heterocycles. The summed E-state index contributed by atoms with van der Waals surface area (Å²) in [5.74, 6) is 3.71. The standard InChI is InChI=1S/C18H33NO/c1-12(2)4-17(11-20)19-13(3)18-8-14-5-15(9-18)7-16(6-14)10-18/h12-17,19-20H,4-11H2,1-3H3. The molecule has 0 saturated heterocycles. The van der Waals surface area contributed by atoms with E-state index in [2.05, 4.69) is 26.1 Å². The number of nitrogens with one attached hydrogen (secondary N) is 1. The maximum Gasteiger partial charge on any atom is 0.0584 e. The fourth-order valence-corrected chi connectivity index (χ4v) is 6.00. The second-order valence-corrected chi connectivity index (χ2v) is 8.68. The highest BCUT2D eigenvalue weighted by Gasteiger charge is 2.53. The first-order valence-electron chi connectivity index (χ1n) is 8.87. The van der Waals surface area contributed by atoms with Crippen LogP contribution >= 0.6 is 0 Å². The minimum Gasteiger partial charge on any atom is -0.395 e. The predicted molar refractivity (Wildman–Crippen MR) is 83.5 cm³/mol. The summed E-state index contributed by atoms with van der Waals surface area (Å²) in [7, 11) is 0. The molecular formula is C18H33NO. The van der Waals surface area contributed by atoms with Crippen LogP contribution in [0.25, 0.3) is 0 Å². The van der Waals surface area contributed by atoms with Gasteiger partial charge in [0.05, 0.1) is 6.61 Å². The fourth-order valence-electron chi connectivity index (χ4n) is 6.00. The van der Waals surface area contributed by atoms with Crippen LogP contribution < -0.4 is 5.32 Å². The molecular weight excluding hydrogens is 246 g/mol. The van der Waals surface area contributed by atoms with Gasteiger partial charge in [-0.1, -0.05) is 13.8 Å². The van der Waals surface area contributed by atoms with E-state index in [1.165, 1.54) is 38.5 Å². The van der Waals surface area contributed by atoms with Gasteiger partial charge < -0.3 is 10.4 Å². The molecule has 0 aromatic carbocycles. The second-order valence-electron chi connectivity index (χ2n) is 8.68. The quantitative estimate of drug-likeness (QED) is 0.779. The summed E-state index contributed by atoms with van der Waals surface area (Å²) in [5, 5.41) is 13.4. The number of aliphatic hydroxyl groups excluding tert-OH is 1. The van der Waals surface area contributed by atoms with E-state index in [0.29, 0.717) is 17.4 Å². The molecule has 0 aliphatic heterocycles. The zero-order chi connectivity index (χ0) is 14.3. The van der Waals surface area contributed by atoms with Crippen molar-refractivity contribution in [1.29, 1.82) is 0 Å². The lowest BCUT2D eigenvalue weighted by molar-refractivity contribution is -0.0733. The molecule has 0 amide bonds. The van der Waals surface area contributed by atoms with Crippen LogP contribution in [0.4, 0.5) is 0 Å². The van der Waals surface area contributed by atoms with E-state index in [1.807, 2.05) is 0 Å². The Bertz CT molecular complexity index is 303. The van der Waals surface area contributed by atoms with Crippen LogP contribution in [-0.4, -0.2) is 23.8 Å². The van der Waals surface area contributed by atoms with Gasteiger partial charge >= 0.3 is 0 Å². The maximum atomic E-state index is 9.64. The Hall–Kier alpha value is -0.0800. The summed E-state index contributed by atoms with van der Waals surface area (Å²) in [6.45, 7) is 7.18.